The van der Waals surface area contributed by atoms with Crippen LogP contribution in [0.2, 0.25) is 0 Å². The highest BCUT2D eigenvalue weighted by Gasteiger charge is 2.69. The fraction of sp³-hybridized carbons (Fsp3) is 0.533. The summed E-state index contributed by atoms with van der Waals surface area (Å²) in [6.07, 6.45) is 9.83. The normalized spacial score (nSPS) is 43.2. The minimum Gasteiger partial charge on any atom is -0.388 e. The highest BCUT2D eigenvalue weighted by Crippen LogP contribution is 2.68. The Morgan fingerprint density at radius 3 is 2.81 bits per heavy atom. The second-order valence-corrected chi connectivity index (χ2v) is 12.2. The molecule has 6 nitrogen and oxygen atoms in total. The van der Waals surface area contributed by atoms with Crippen LogP contribution in [0.3, 0.4) is 0 Å². The molecule has 3 aliphatic carbocycles. The number of aromatic nitrogens is 1. The van der Waals surface area contributed by atoms with E-state index in [9.17, 15) is 15.0 Å². The molecule has 7 rings (SSSR count). The largest absolute Gasteiger partial charge is 0.388 e. The van der Waals surface area contributed by atoms with Gasteiger partial charge >= 0.3 is 0 Å². The number of carbonyl (C=O) groups is 1. The predicted octanol–water partition coefficient (Wildman–Crippen LogP) is 3.53. The molecule has 2 bridgehead atoms. The number of ketones is 1. The minimum absolute atomic E-state index is 0.0633. The molecule has 0 radical (unpaired) electrons. The summed E-state index contributed by atoms with van der Waals surface area (Å²) in [6, 6.07) is 8.06. The van der Waals surface area contributed by atoms with Crippen molar-refractivity contribution in [3.05, 3.63) is 65.5 Å². The monoisotopic (exact) mass is 486 g/mol. The topological polar surface area (TPSA) is 82.9 Å². The van der Waals surface area contributed by atoms with Gasteiger partial charge in [0, 0.05) is 42.1 Å². The van der Waals surface area contributed by atoms with E-state index in [1.165, 1.54) is 0 Å². The van der Waals surface area contributed by atoms with Crippen molar-refractivity contribution in [1.82, 2.24) is 9.88 Å². The molecule has 2 N–H and O–H groups in total. The Bertz CT molecular complexity index is 1340. The molecule has 2 saturated carbocycles. The summed E-state index contributed by atoms with van der Waals surface area (Å²) < 4.78 is 7.18. The fourth-order valence-electron chi connectivity index (χ4n) is 8.63. The van der Waals surface area contributed by atoms with Crippen molar-refractivity contribution in [3.63, 3.8) is 0 Å². The molecule has 1 aromatic carbocycles. The van der Waals surface area contributed by atoms with Crippen LogP contribution in [-0.4, -0.2) is 69.4 Å². The summed E-state index contributed by atoms with van der Waals surface area (Å²) in [4.78, 5) is 20.2. The van der Waals surface area contributed by atoms with Crippen LogP contribution >= 0.6 is 0 Å². The van der Waals surface area contributed by atoms with Gasteiger partial charge in [0.15, 0.2) is 0 Å². The van der Waals surface area contributed by atoms with Crippen LogP contribution in [0, 0.1) is 11.3 Å². The number of hydrogen-bond acceptors (Lipinski definition) is 6. The van der Waals surface area contributed by atoms with Crippen LogP contribution in [0.1, 0.15) is 50.5 Å². The molecular formula is C30H34N2O4. The van der Waals surface area contributed by atoms with Crippen LogP contribution in [0.15, 0.2) is 60.0 Å². The number of pyridine rings is 1. The van der Waals surface area contributed by atoms with Gasteiger partial charge in [0.25, 0.3) is 0 Å². The number of nitrogens with zero attached hydrogens (tertiary/aromatic N) is 2. The maximum absolute atomic E-state index is 13.9. The van der Waals surface area contributed by atoms with Crippen LogP contribution in [0.25, 0.3) is 10.8 Å². The van der Waals surface area contributed by atoms with Gasteiger partial charge in [0.2, 0.25) is 0 Å². The summed E-state index contributed by atoms with van der Waals surface area (Å²) in [6.45, 7) is 2.28. The van der Waals surface area contributed by atoms with Gasteiger partial charge in [-0.05, 0) is 73.4 Å². The lowest BCUT2D eigenvalue weighted by atomic mass is 9.57. The minimum atomic E-state index is -0.947. The van der Waals surface area contributed by atoms with Gasteiger partial charge in [-0.1, -0.05) is 37.3 Å². The van der Waals surface area contributed by atoms with Crippen molar-refractivity contribution in [2.45, 2.75) is 74.4 Å². The Hall–Kier alpha value is -2.38. The van der Waals surface area contributed by atoms with E-state index in [0.717, 1.165) is 46.7 Å². The van der Waals surface area contributed by atoms with E-state index < -0.39 is 23.4 Å². The van der Waals surface area contributed by atoms with E-state index in [4.69, 9.17) is 4.74 Å². The van der Waals surface area contributed by atoms with E-state index in [0.29, 0.717) is 12.8 Å². The first-order valence-corrected chi connectivity index (χ1v) is 13.2. The third-order valence-electron chi connectivity index (χ3n) is 10.4. The van der Waals surface area contributed by atoms with E-state index in [-0.39, 0.29) is 29.1 Å². The maximum Gasteiger partial charge on any atom is 0.141 e. The zero-order chi connectivity index (χ0) is 25.0. The summed E-state index contributed by atoms with van der Waals surface area (Å²) in [5.41, 5.74) is 1.60. The Kier molecular flexibility index (Phi) is 4.65. The molecule has 2 spiro atoms. The maximum atomic E-state index is 13.9. The molecule has 188 valence electrons. The van der Waals surface area contributed by atoms with Crippen molar-refractivity contribution < 1.29 is 19.7 Å². The molecule has 36 heavy (non-hydrogen) atoms. The first-order valence-electron chi connectivity index (χ1n) is 13.2. The van der Waals surface area contributed by atoms with Crippen LogP contribution in [-0.2, 0) is 9.53 Å². The number of aliphatic hydroxyl groups is 2. The van der Waals surface area contributed by atoms with Gasteiger partial charge in [-0.2, -0.15) is 0 Å². The van der Waals surface area contributed by atoms with Crippen molar-refractivity contribution >= 4 is 16.6 Å². The lowest BCUT2D eigenvalue weighted by Crippen LogP contribution is -2.61. The van der Waals surface area contributed by atoms with Gasteiger partial charge < -0.3 is 19.8 Å². The van der Waals surface area contributed by atoms with Crippen molar-refractivity contribution in [2.75, 3.05) is 14.1 Å². The fourth-order valence-corrected chi connectivity index (χ4v) is 8.63. The zero-order valence-electron chi connectivity index (χ0n) is 21.1. The van der Waals surface area contributed by atoms with Gasteiger partial charge in [-0.25, -0.2) is 0 Å². The second kappa shape index (κ2) is 7.35. The first-order chi connectivity index (χ1) is 17.2. The van der Waals surface area contributed by atoms with Crippen LogP contribution in [0.4, 0.5) is 0 Å². The molecule has 6 heteroatoms. The third kappa shape index (κ3) is 2.71. The average Bonchev–Trinajstić information content (AvgIpc) is 3.32. The van der Waals surface area contributed by atoms with E-state index in [2.05, 4.69) is 42.3 Å². The van der Waals surface area contributed by atoms with Crippen molar-refractivity contribution in [1.29, 1.82) is 0 Å². The number of allylic oxidation sites excluding steroid dienone is 1. The Morgan fingerprint density at radius 2 is 2.00 bits per heavy atom. The number of fused-ring (bicyclic) bond motifs is 2. The number of benzene rings is 1. The highest BCUT2D eigenvalue weighted by atomic mass is 16.5. The molecule has 3 fully saturated rings. The molecular weight excluding hydrogens is 452 g/mol. The quantitative estimate of drug-likeness (QED) is 0.676. The SMILES string of the molecule is CN(C)[C@H]1C[C@@]23CC[C@@]4(O2)C(=CC[C@]2(C)[C@@H](c5cccc6ccncc56)C(=O)C[C@H]24)C=C3[C@@H](O)[C@@H]1O. The second-order valence-electron chi connectivity index (χ2n) is 12.2. The van der Waals surface area contributed by atoms with Gasteiger partial charge in [0.05, 0.1) is 17.3 Å². The van der Waals surface area contributed by atoms with Gasteiger partial charge in [-0.15, -0.1) is 0 Å². The number of carbonyl (C=O) groups excluding carboxylic acids is 1. The predicted molar refractivity (Wildman–Crippen MR) is 136 cm³/mol. The number of likely N-dealkylation sites (N-methyl/N-ethyl adjacent to an activating group) is 1. The Morgan fingerprint density at radius 1 is 1.17 bits per heavy atom. The molecule has 0 unspecified atom stereocenters. The van der Waals surface area contributed by atoms with E-state index >= 15 is 0 Å². The van der Waals surface area contributed by atoms with Crippen LogP contribution in [0.5, 0.6) is 0 Å². The first kappa shape index (κ1) is 22.8. The van der Waals surface area contributed by atoms with E-state index in [1.54, 1.807) is 6.20 Å². The molecule has 0 amide bonds. The average molecular weight is 487 g/mol. The summed E-state index contributed by atoms with van der Waals surface area (Å²) in [5, 5.41) is 24.2. The number of Topliss-reactive ketones (excluding diaryl/α,β-unsaturated/α-hetero) is 1. The highest BCUT2D eigenvalue weighted by molar-refractivity contribution is 5.96. The number of aliphatic hydroxyl groups excluding tert-OH is 2. The molecule has 2 aliphatic heterocycles. The summed E-state index contributed by atoms with van der Waals surface area (Å²) >= 11 is 0. The lowest BCUT2D eigenvalue weighted by Gasteiger charge is -2.55. The van der Waals surface area contributed by atoms with Crippen LogP contribution < -0.4 is 0 Å². The Balaban J connectivity index is 1.35. The summed E-state index contributed by atoms with van der Waals surface area (Å²) in [7, 11) is 3.89. The van der Waals surface area contributed by atoms with Gasteiger partial charge in [-0.3, -0.25) is 9.78 Å². The summed E-state index contributed by atoms with van der Waals surface area (Å²) in [5.74, 6) is 0.141. The van der Waals surface area contributed by atoms with Gasteiger partial charge in [0.1, 0.15) is 11.9 Å². The molecule has 5 aliphatic rings. The lowest BCUT2D eigenvalue weighted by molar-refractivity contribution is -0.165. The molecule has 3 heterocycles. The molecule has 2 aromatic rings. The van der Waals surface area contributed by atoms with Crippen molar-refractivity contribution in [2.24, 2.45) is 11.3 Å². The van der Waals surface area contributed by atoms with E-state index in [1.807, 2.05) is 31.3 Å². The Labute approximate surface area is 211 Å². The molecule has 1 saturated heterocycles. The number of rotatable bonds is 2. The third-order valence-corrected chi connectivity index (χ3v) is 10.4. The smallest absolute Gasteiger partial charge is 0.141 e. The molecule has 1 aromatic heterocycles. The zero-order valence-corrected chi connectivity index (χ0v) is 21.1. The number of ether oxygens (including phenoxy) is 1. The molecule has 8 atom stereocenters. The van der Waals surface area contributed by atoms with Crippen molar-refractivity contribution in [3.8, 4) is 0 Å². The number of hydrogen-bond donors (Lipinski definition) is 2. The standard InChI is InChI=1S/C30H34N2O4/c1-28-9-7-18-13-21-26(34)27(35)22(32(2)3)15-29(21)10-11-30(18,36-29)24(28)14-23(33)25(28)19-6-4-5-17-8-12-31-16-20(17)19/h4-8,12-13,16,22,24-27,34-35H,9-11,14-15H2,1-3H3/t22-,24+,25-,26+,27+,28-,29+,30+/m0/s1.